The summed E-state index contributed by atoms with van der Waals surface area (Å²) in [6, 6.07) is 17.3. The zero-order chi connectivity index (χ0) is 13.5. The van der Waals surface area contributed by atoms with Crippen LogP contribution in [0.15, 0.2) is 54.6 Å². The maximum Gasteiger partial charge on any atom is 0.238 e. The molecule has 1 radical (unpaired) electrons. The molecule has 0 atom stereocenters. The van der Waals surface area contributed by atoms with Gasteiger partial charge in [-0.15, -0.1) is 0 Å². The van der Waals surface area contributed by atoms with E-state index in [1.54, 1.807) is 0 Å². The second-order valence-electron chi connectivity index (χ2n) is 4.11. The Bertz CT molecular complexity index is 508. The fourth-order valence-electron chi connectivity index (χ4n) is 1.69. The van der Waals surface area contributed by atoms with Crippen molar-refractivity contribution in [3.8, 4) is 0 Å². The fraction of sp³-hybridized carbons (Fsp3) is 0.125. The highest BCUT2D eigenvalue weighted by atomic mass is 16.7. The van der Waals surface area contributed by atoms with Gasteiger partial charge in [0.2, 0.25) is 6.41 Å². The average molecular weight is 254 g/mol. The van der Waals surface area contributed by atoms with Crippen LogP contribution in [0.5, 0.6) is 0 Å². The molecule has 0 spiro atoms. The number of carbonyl (C=O) groups excluding carboxylic acids is 1. The summed E-state index contributed by atoms with van der Waals surface area (Å²) in [7, 11) is 0. The minimum absolute atomic E-state index is 0.358. The quantitative estimate of drug-likeness (QED) is 0.585. The van der Waals surface area contributed by atoms with Gasteiger partial charge in [-0.25, -0.2) is 0 Å². The highest BCUT2D eigenvalue weighted by molar-refractivity contribution is 5.72. The number of hydrogen-bond acceptors (Lipinski definition) is 2. The molecule has 2 aromatic rings. The van der Waals surface area contributed by atoms with Crippen LogP contribution in [-0.4, -0.2) is 6.41 Å². The van der Waals surface area contributed by atoms with Crippen LogP contribution in [0.2, 0.25) is 0 Å². The van der Waals surface area contributed by atoms with Crippen LogP contribution < -0.4 is 5.06 Å². The minimum atomic E-state index is 0.358. The summed E-state index contributed by atoms with van der Waals surface area (Å²) in [4.78, 5) is 16.6. The smallest absolute Gasteiger partial charge is 0.238 e. The van der Waals surface area contributed by atoms with Crippen molar-refractivity contribution in [1.82, 2.24) is 0 Å². The Labute approximate surface area is 113 Å². The molecule has 0 fully saturated rings. The van der Waals surface area contributed by atoms with Gasteiger partial charge in [0.15, 0.2) is 0 Å². The van der Waals surface area contributed by atoms with E-state index in [9.17, 15) is 4.79 Å². The van der Waals surface area contributed by atoms with Crippen LogP contribution in [-0.2, 0) is 22.7 Å². The largest absolute Gasteiger partial charge is 0.276 e. The first-order valence-corrected chi connectivity index (χ1v) is 6.13. The normalized spacial score (nSPS) is 10.2. The van der Waals surface area contributed by atoms with Crippen LogP contribution in [0.4, 0.5) is 5.69 Å². The number of hydrogen-bond donors (Lipinski definition) is 0. The first-order valence-electron chi connectivity index (χ1n) is 6.13. The molecule has 2 rings (SSSR count). The topological polar surface area (TPSA) is 29.5 Å². The molecule has 97 valence electrons. The van der Waals surface area contributed by atoms with Crippen LogP contribution >= 0.6 is 0 Å². The van der Waals surface area contributed by atoms with Crippen LogP contribution in [0.25, 0.3) is 0 Å². The summed E-state index contributed by atoms with van der Waals surface area (Å²) in [6.45, 7) is 4.17. The third kappa shape index (κ3) is 3.66. The standard InChI is InChI=1S/C16H16NO2/c1-2-14-8-10-16(11-9-14)17(13-18)19-12-15-6-4-3-5-7-15/h3-11,13H,1-2,12H2. The van der Waals surface area contributed by atoms with E-state index in [-0.39, 0.29) is 0 Å². The average Bonchev–Trinajstić information content (AvgIpc) is 2.49. The van der Waals surface area contributed by atoms with Crippen LogP contribution in [0, 0.1) is 6.92 Å². The Kier molecular flexibility index (Phi) is 4.70. The lowest BCUT2D eigenvalue weighted by atomic mass is 10.1. The Morgan fingerprint density at radius 2 is 1.68 bits per heavy atom. The molecule has 0 aromatic heterocycles. The summed E-state index contributed by atoms with van der Waals surface area (Å²) < 4.78 is 0. The van der Waals surface area contributed by atoms with Crippen molar-refractivity contribution in [2.75, 3.05) is 5.06 Å². The highest BCUT2D eigenvalue weighted by Gasteiger charge is 2.06. The third-order valence-electron chi connectivity index (χ3n) is 2.79. The molecular formula is C16H16NO2. The summed E-state index contributed by atoms with van der Waals surface area (Å²) >= 11 is 0. The SMILES string of the molecule is [CH2]Cc1ccc(N(C=O)OCc2ccccc2)cc1. The summed E-state index contributed by atoms with van der Waals surface area (Å²) in [5, 5.41) is 1.24. The fourth-order valence-corrected chi connectivity index (χ4v) is 1.69. The second-order valence-corrected chi connectivity index (χ2v) is 4.11. The van der Waals surface area contributed by atoms with Crippen LogP contribution in [0.1, 0.15) is 11.1 Å². The lowest BCUT2D eigenvalue weighted by Gasteiger charge is -2.17. The van der Waals surface area contributed by atoms with Crippen LogP contribution in [0.3, 0.4) is 0 Å². The van der Waals surface area contributed by atoms with E-state index in [0.717, 1.165) is 17.5 Å². The van der Waals surface area contributed by atoms with Gasteiger partial charge in [-0.2, -0.15) is 5.06 Å². The molecule has 0 heterocycles. The van der Waals surface area contributed by atoms with Crippen molar-refractivity contribution in [2.24, 2.45) is 0 Å². The highest BCUT2D eigenvalue weighted by Crippen LogP contribution is 2.15. The molecule has 0 bridgehead atoms. The summed E-state index contributed by atoms with van der Waals surface area (Å²) in [6.07, 6.45) is 1.40. The van der Waals surface area contributed by atoms with E-state index in [1.807, 2.05) is 54.6 Å². The van der Waals surface area contributed by atoms with Crippen molar-refractivity contribution in [3.05, 3.63) is 72.6 Å². The van der Waals surface area contributed by atoms with Gasteiger partial charge in [0.25, 0.3) is 0 Å². The number of hydroxylamine groups is 1. The van der Waals surface area contributed by atoms with E-state index in [1.165, 1.54) is 5.06 Å². The van der Waals surface area contributed by atoms with E-state index in [0.29, 0.717) is 18.7 Å². The lowest BCUT2D eigenvalue weighted by molar-refractivity contribution is -0.114. The van der Waals surface area contributed by atoms with Gasteiger partial charge in [-0.1, -0.05) is 42.5 Å². The minimum Gasteiger partial charge on any atom is -0.276 e. The zero-order valence-corrected chi connectivity index (χ0v) is 10.7. The molecule has 0 aliphatic rings. The summed E-state index contributed by atoms with van der Waals surface area (Å²) in [5.74, 6) is 0. The molecule has 19 heavy (non-hydrogen) atoms. The predicted molar refractivity (Wildman–Crippen MR) is 75.3 cm³/mol. The first-order chi connectivity index (χ1) is 9.33. The van der Waals surface area contributed by atoms with Crippen molar-refractivity contribution in [1.29, 1.82) is 0 Å². The molecule has 0 N–H and O–H groups in total. The Hall–Kier alpha value is -2.13. The molecule has 1 amide bonds. The van der Waals surface area contributed by atoms with Gasteiger partial charge >= 0.3 is 0 Å². The van der Waals surface area contributed by atoms with Gasteiger partial charge in [-0.05, 0) is 36.6 Å². The van der Waals surface area contributed by atoms with Gasteiger partial charge < -0.3 is 0 Å². The van der Waals surface area contributed by atoms with Crippen molar-refractivity contribution < 1.29 is 9.63 Å². The molecule has 0 saturated heterocycles. The molecular weight excluding hydrogens is 238 g/mol. The Morgan fingerprint density at radius 1 is 1.00 bits per heavy atom. The number of benzene rings is 2. The predicted octanol–water partition coefficient (Wildman–Crippen LogP) is 3.16. The third-order valence-corrected chi connectivity index (χ3v) is 2.79. The molecule has 0 saturated carbocycles. The lowest BCUT2D eigenvalue weighted by Crippen LogP contribution is -2.21. The van der Waals surface area contributed by atoms with E-state index >= 15 is 0 Å². The maximum atomic E-state index is 11.1. The molecule has 3 nitrogen and oxygen atoms in total. The van der Waals surface area contributed by atoms with Crippen molar-refractivity contribution in [3.63, 3.8) is 0 Å². The Morgan fingerprint density at radius 3 is 2.26 bits per heavy atom. The van der Waals surface area contributed by atoms with Crippen molar-refractivity contribution >= 4 is 12.1 Å². The summed E-state index contributed by atoms with van der Waals surface area (Å²) in [5.41, 5.74) is 2.85. The number of anilines is 1. The second kappa shape index (κ2) is 6.71. The van der Waals surface area contributed by atoms with Crippen molar-refractivity contribution in [2.45, 2.75) is 13.0 Å². The monoisotopic (exact) mass is 254 g/mol. The maximum absolute atomic E-state index is 11.1. The number of amides is 1. The van der Waals surface area contributed by atoms with Gasteiger partial charge in [0, 0.05) is 0 Å². The molecule has 0 aliphatic heterocycles. The molecule has 2 aromatic carbocycles. The van der Waals surface area contributed by atoms with Gasteiger partial charge in [0.1, 0.15) is 6.61 Å². The Balaban J connectivity index is 2.01. The number of carbonyl (C=O) groups is 1. The van der Waals surface area contributed by atoms with E-state index in [4.69, 9.17) is 4.84 Å². The molecule has 0 unspecified atom stereocenters. The van der Waals surface area contributed by atoms with Gasteiger partial charge in [-0.3, -0.25) is 9.63 Å². The van der Waals surface area contributed by atoms with E-state index < -0.39 is 0 Å². The van der Waals surface area contributed by atoms with Gasteiger partial charge in [0.05, 0.1) is 5.69 Å². The number of nitrogens with zero attached hydrogens (tertiary/aromatic N) is 1. The number of rotatable bonds is 6. The van der Waals surface area contributed by atoms with E-state index in [2.05, 4.69) is 6.92 Å². The zero-order valence-electron chi connectivity index (χ0n) is 10.7. The first kappa shape index (κ1) is 13.3. The molecule has 3 heteroatoms. The molecule has 0 aliphatic carbocycles.